The van der Waals surface area contributed by atoms with Crippen LogP contribution < -0.4 is 0 Å². The smallest absolute Gasteiger partial charge is 0.370 e. The lowest BCUT2D eigenvalue weighted by Gasteiger charge is -2.31. The summed E-state index contributed by atoms with van der Waals surface area (Å²) >= 11 is 0. The van der Waals surface area contributed by atoms with Crippen LogP contribution in [-0.2, 0) is 26.6 Å². The summed E-state index contributed by atoms with van der Waals surface area (Å²) in [5, 5.41) is 1.44. The van der Waals surface area contributed by atoms with Crippen LogP contribution in [0.4, 0.5) is 0 Å². The maximum absolute atomic E-state index is 6.02. The predicted molar refractivity (Wildman–Crippen MR) is 126 cm³/mol. The highest BCUT2D eigenvalue weighted by molar-refractivity contribution is 6.82. The van der Waals surface area contributed by atoms with E-state index in [1.54, 1.807) is 0 Å². The Hall–Kier alpha value is -1.11. The van der Waals surface area contributed by atoms with Crippen LogP contribution in [0, 0.1) is 0 Å². The van der Waals surface area contributed by atoms with E-state index >= 15 is 0 Å². The van der Waals surface area contributed by atoms with E-state index in [-0.39, 0.29) is 0 Å². The molecule has 0 unspecified atom stereocenters. The van der Waals surface area contributed by atoms with Crippen molar-refractivity contribution in [2.45, 2.75) is 41.5 Å². The molecule has 0 spiro atoms. The molecular formula is C22H38O6Si2. The van der Waals surface area contributed by atoms with Crippen molar-refractivity contribution in [1.29, 1.82) is 0 Å². The maximum atomic E-state index is 6.02. The van der Waals surface area contributed by atoms with Gasteiger partial charge in [-0.1, -0.05) is 31.4 Å². The molecule has 170 valence electrons. The summed E-state index contributed by atoms with van der Waals surface area (Å²) in [7, 11) is -6.19. The molecule has 0 amide bonds. The van der Waals surface area contributed by atoms with Crippen molar-refractivity contribution in [3.05, 3.63) is 48.6 Å². The quantitative estimate of drug-likeness (QED) is 0.332. The van der Waals surface area contributed by atoms with Crippen LogP contribution in [0.15, 0.2) is 37.4 Å². The van der Waals surface area contributed by atoms with Gasteiger partial charge in [0.15, 0.2) is 0 Å². The Morgan fingerprint density at radius 2 is 0.867 bits per heavy atom. The van der Waals surface area contributed by atoms with Crippen LogP contribution in [0.5, 0.6) is 0 Å². The van der Waals surface area contributed by atoms with Crippen LogP contribution in [0.3, 0.4) is 0 Å². The molecule has 0 fully saturated rings. The Morgan fingerprint density at radius 1 is 0.600 bits per heavy atom. The van der Waals surface area contributed by atoms with Gasteiger partial charge in [0.1, 0.15) is 0 Å². The molecule has 6 nitrogen and oxygen atoms in total. The van der Waals surface area contributed by atoms with Gasteiger partial charge in [0.2, 0.25) is 0 Å². The van der Waals surface area contributed by atoms with Crippen molar-refractivity contribution < 1.29 is 26.6 Å². The molecule has 1 rings (SSSR count). The fourth-order valence-electron chi connectivity index (χ4n) is 3.16. The highest BCUT2D eigenvalue weighted by Gasteiger charge is 2.47. The third-order valence-corrected chi connectivity index (χ3v) is 10.4. The second kappa shape index (κ2) is 13.3. The summed E-state index contributed by atoms with van der Waals surface area (Å²) in [5.41, 5.74) is 1.76. The van der Waals surface area contributed by atoms with Crippen molar-refractivity contribution in [3.63, 3.8) is 0 Å². The van der Waals surface area contributed by atoms with Crippen molar-refractivity contribution in [1.82, 2.24) is 0 Å². The van der Waals surface area contributed by atoms with Gasteiger partial charge in [-0.15, -0.1) is 0 Å². The molecule has 0 heterocycles. The second-order valence-electron chi connectivity index (χ2n) is 6.25. The number of rotatable bonds is 16. The summed E-state index contributed by atoms with van der Waals surface area (Å²) < 4.78 is 36.1. The maximum Gasteiger partial charge on any atom is 0.537 e. The molecule has 1 aromatic rings. The van der Waals surface area contributed by atoms with Gasteiger partial charge in [-0.2, -0.15) is 0 Å². The molecule has 0 N–H and O–H groups in total. The van der Waals surface area contributed by atoms with E-state index in [1.807, 2.05) is 65.8 Å². The topological polar surface area (TPSA) is 55.4 Å². The van der Waals surface area contributed by atoms with E-state index in [9.17, 15) is 0 Å². The Morgan fingerprint density at radius 3 is 1.10 bits per heavy atom. The molecule has 0 aliphatic heterocycles. The van der Waals surface area contributed by atoms with Gasteiger partial charge in [-0.3, -0.25) is 0 Å². The van der Waals surface area contributed by atoms with Crippen molar-refractivity contribution in [3.8, 4) is 0 Å². The zero-order valence-corrected chi connectivity index (χ0v) is 21.4. The SMILES string of the molecule is C=C(c1cccc(C(=C)[Si](OCC)(OCC)OCC)c1)[Si](OCC)(OCC)OCC. The first-order chi connectivity index (χ1) is 14.4. The Kier molecular flexibility index (Phi) is 12.0. The average molecular weight is 455 g/mol. The minimum Gasteiger partial charge on any atom is -0.370 e. The zero-order chi connectivity index (χ0) is 22.6. The van der Waals surface area contributed by atoms with Gasteiger partial charge < -0.3 is 26.6 Å². The molecule has 8 heteroatoms. The Labute approximate surface area is 184 Å². The van der Waals surface area contributed by atoms with Crippen LogP contribution >= 0.6 is 0 Å². The van der Waals surface area contributed by atoms with E-state index in [0.717, 1.165) is 21.5 Å². The van der Waals surface area contributed by atoms with Crippen molar-refractivity contribution in [2.24, 2.45) is 0 Å². The molecule has 0 atom stereocenters. The minimum absolute atomic E-state index is 0.479. The fourth-order valence-corrected chi connectivity index (χ4v) is 8.00. The van der Waals surface area contributed by atoms with Crippen molar-refractivity contribution in [2.75, 3.05) is 39.6 Å². The minimum atomic E-state index is -3.10. The normalized spacial score (nSPS) is 12.2. The lowest BCUT2D eigenvalue weighted by atomic mass is 10.1. The molecule has 1 aromatic carbocycles. The van der Waals surface area contributed by atoms with Crippen LogP contribution in [-0.4, -0.2) is 57.3 Å². The summed E-state index contributed by atoms with van der Waals surface area (Å²) in [4.78, 5) is 0. The standard InChI is InChI=1S/C22H38O6Si2/c1-9-23-29(24-10-2,25-11-3)19(7)21-16-15-17-22(18-21)20(8)30(26-12-4,27-13-5)28-14-6/h15-18H,7-14H2,1-6H3. The highest BCUT2D eigenvalue weighted by Crippen LogP contribution is 2.32. The van der Waals surface area contributed by atoms with E-state index in [2.05, 4.69) is 13.2 Å². The molecule has 0 saturated heterocycles. The molecule has 0 radical (unpaired) electrons. The summed E-state index contributed by atoms with van der Waals surface area (Å²) in [6.07, 6.45) is 0. The van der Waals surface area contributed by atoms with E-state index < -0.39 is 17.6 Å². The first kappa shape index (κ1) is 26.9. The lowest BCUT2D eigenvalue weighted by Crippen LogP contribution is -2.48. The molecule has 0 saturated carbocycles. The molecule has 0 bridgehead atoms. The first-order valence-electron chi connectivity index (χ1n) is 10.7. The van der Waals surface area contributed by atoms with Gasteiger partial charge >= 0.3 is 17.6 Å². The van der Waals surface area contributed by atoms with Crippen LogP contribution in [0.2, 0.25) is 0 Å². The van der Waals surface area contributed by atoms with Gasteiger partial charge in [-0.25, -0.2) is 0 Å². The average Bonchev–Trinajstić information content (AvgIpc) is 2.73. The monoisotopic (exact) mass is 454 g/mol. The third kappa shape index (κ3) is 6.45. The summed E-state index contributed by atoms with van der Waals surface area (Å²) in [6.45, 7) is 23.0. The largest absolute Gasteiger partial charge is 0.537 e. The number of hydrogen-bond donors (Lipinski definition) is 0. The molecule has 0 aliphatic rings. The number of benzene rings is 1. The summed E-state index contributed by atoms with van der Waals surface area (Å²) in [5.74, 6) is 0. The third-order valence-electron chi connectivity index (χ3n) is 4.30. The van der Waals surface area contributed by atoms with E-state index in [1.165, 1.54) is 0 Å². The van der Waals surface area contributed by atoms with Gasteiger partial charge in [0.25, 0.3) is 0 Å². The number of hydrogen-bond acceptors (Lipinski definition) is 6. The highest BCUT2D eigenvalue weighted by atomic mass is 28.4. The van der Waals surface area contributed by atoms with Gasteiger partial charge in [0.05, 0.1) is 0 Å². The van der Waals surface area contributed by atoms with Gasteiger partial charge in [-0.05, 0) is 58.7 Å². The first-order valence-corrected chi connectivity index (χ1v) is 14.2. The summed E-state index contributed by atoms with van der Waals surface area (Å²) in [6, 6.07) is 7.90. The van der Waals surface area contributed by atoms with Crippen LogP contribution in [0.25, 0.3) is 10.4 Å². The predicted octanol–water partition coefficient (Wildman–Crippen LogP) is 4.89. The van der Waals surface area contributed by atoms with Crippen molar-refractivity contribution >= 4 is 28.0 Å². The van der Waals surface area contributed by atoms with E-state index in [4.69, 9.17) is 26.6 Å². The second-order valence-corrected chi connectivity index (χ2v) is 11.4. The molecule has 30 heavy (non-hydrogen) atoms. The zero-order valence-electron chi connectivity index (χ0n) is 19.4. The molecule has 0 aliphatic carbocycles. The Balaban J connectivity index is 3.38. The molecule has 0 aromatic heterocycles. The van der Waals surface area contributed by atoms with Crippen LogP contribution in [0.1, 0.15) is 52.7 Å². The van der Waals surface area contributed by atoms with Gasteiger partial charge in [0, 0.05) is 50.0 Å². The Bertz CT molecular complexity index is 592. The molecular weight excluding hydrogens is 416 g/mol. The van der Waals surface area contributed by atoms with E-state index in [0.29, 0.717) is 39.6 Å². The lowest BCUT2D eigenvalue weighted by molar-refractivity contribution is 0.0866. The fraction of sp³-hybridized carbons (Fsp3) is 0.545.